The van der Waals surface area contributed by atoms with E-state index >= 15 is 0 Å². The molecule has 0 fully saturated rings. The topological polar surface area (TPSA) is 97.3 Å². The van der Waals surface area contributed by atoms with Crippen molar-refractivity contribution in [3.05, 3.63) is 59.7 Å². The standard InChI is InChI=1S/C26H32F4N2O6/c1-3-37-23(24(33)34)16-18-4-7-20(8-5-18)38-15-12-32(11-14-36-13-10-26(2,29)30)25(35)31-19-6-9-21(27)22(28)17-19/h4-9,17,23H,3,10-16H2,1-2H3,(H,31,35)(H,33,34). The third-order valence-electron chi connectivity index (χ3n) is 5.27. The SMILES string of the molecule is CCOC(Cc1ccc(OCCN(CCOCCC(C)(F)F)C(=O)Nc2ccc(F)c(F)c2)cc1)C(=O)O. The van der Waals surface area contributed by atoms with Gasteiger partial charge < -0.3 is 29.5 Å². The first-order chi connectivity index (χ1) is 18.0. The van der Waals surface area contributed by atoms with Gasteiger partial charge in [-0.25, -0.2) is 27.2 Å². The summed E-state index contributed by atoms with van der Waals surface area (Å²) in [5.74, 6) is -5.64. The van der Waals surface area contributed by atoms with Gasteiger partial charge in [0, 0.05) is 37.7 Å². The van der Waals surface area contributed by atoms with Crippen molar-refractivity contribution in [3.8, 4) is 5.75 Å². The van der Waals surface area contributed by atoms with Crippen molar-refractivity contribution in [3.63, 3.8) is 0 Å². The van der Waals surface area contributed by atoms with Crippen LogP contribution in [0.2, 0.25) is 0 Å². The van der Waals surface area contributed by atoms with Crippen LogP contribution in [0.4, 0.5) is 28.0 Å². The number of carbonyl (C=O) groups is 2. The van der Waals surface area contributed by atoms with Crippen molar-refractivity contribution in [1.29, 1.82) is 0 Å². The lowest BCUT2D eigenvalue weighted by molar-refractivity contribution is -0.149. The van der Waals surface area contributed by atoms with E-state index in [1.54, 1.807) is 31.2 Å². The third kappa shape index (κ3) is 11.3. The Labute approximate surface area is 218 Å². The molecule has 210 valence electrons. The van der Waals surface area contributed by atoms with E-state index in [1.807, 2.05) is 0 Å². The summed E-state index contributed by atoms with van der Waals surface area (Å²) in [6.45, 7) is 2.69. The van der Waals surface area contributed by atoms with Crippen molar-refractivity contribution in [2.24, 2.45) is 0 Å². The summed E-state index contributed by atoms with van der Waals surface area (Å²) in [6.07, 6.45) is -1.24. The largest absolute Gasteiger partial charge is 0.492 e. The van der Waals surface area contributed by atoms with E-state index in [2.05, 4.69) is 5.32 Å². The number of hydrogen-bond donors (Lipinski definition) is 2. The molecule has 0 aliphatic rings. The van der Waals surface area contributed by atoms with Crippen molar-refractivity contribution in [2.75, 3.05) is 44.8 Å². The van der Waals surface area contributed by atoms with Gasteiger partial charge >= 0.3 is 12.0 Å². The molecule has 0 radical (unpaired) electrons. The number of nitrogens with one attached hydrogen (secondary N) is 1. The molecule has 8 nitrogen and oxygen atoms in total. The molecule has 0 bridgehead atoms. The van der Waals surface area contributed by atoms with Crippen LogP contribution >= 0.6 is 0 Å². The normalized spacial score (nSPS) is 12.2. The van der Waals surface area contributed by atoms with E-state index in [1.165, 1.54) is 11.0 Å². The number of hydrogen-bond acceptors (Lipinski definition) is 5. The molecule has 0 saturated carbocycles. The van der Waals surface area contributed by atoms with Gasteiger partial charge in [0.2, 0.25) is 5.92 Å². The lowest BCUT2D eigenvalue weighted by Gasteiger charge is -2.23. The van der Waals surface area contributed by atoms with Crippen molar-refractivity contribution in [1.82, 2.24) is 4.90 Å². The number of nitrogens with zero attached hydrogens (tertiary/aromatic N) is 1. The van der Waals surface area contributed by atoms with Crippen molar-refractivity contribution >= 4 is 17.7 Å². The number of carboxylic acid groups (broad SMARTS) is 1. The Morgan fingerprint density at radius 2 is 1.71 bits per heavy atom. The van der Waals surface area contributed by atoms with Crippen LogP contribution in [0.1, 0.15) is 25.8 Å². The number of aliphatic carboxylic acids is 1. The van der Waals surface area contributed by atoms with Gasteiger partial charge in [-0.3, -0.25) is 0 Å². The molecule has 2 N–H and O–H groups in total. The highest BCUT2D eigenvalue weighted by atomic mass is 19.3. The zero-order valence-corrected chi connectivity index (χ0v) is 21.2. The summed E-state index contributed by atoms with van der Waals surface area (Å²) in [6, 6.07) is 8.99. The van der Waals surface area contributed by atoms with Crippen molar-refractivity contribution < 1.29 is 46.5 Å². The highest BCUT2D eigenvalue weighted by molar-refractivity contribution is 5.89. The number of carbonyl (C=O) groups excluding carboxylic acids is 1. The molecule has 2 amide bonds. The molecule has 2 aromatic carbocycles. The second-order valence-electron chi connectivity index (χ2n) is 8.46. The zero-order valence-electron chi connectivity index (χ0n) is 21.2. The van der Waals surface area contributed by atoms with Crippen LogP contribution in [-0.4, -0.2) is 73.6 Å². The van der Waals surface area contributed by atoms with Crippen LogP contribution < -0.4 is 10.1 Å². The molecule has 12 heteroatoms. The van der Waals surface area contributed by atoms with Crippen LogP contribution in [0.3, 0.4) is 0 Å². The minimum Gasteiger partial charge on any atom is -0.492 e. The first-order valence-corrected chi connectivity index (χ1v) is 12.0. The quantitative estimate of drug-likeness (QED) is 0.229. The molecule has 0 spiro atoms. The van der Waals surface area contributed by atoms with Crippen LogP contribution in [0.25, 0.3) is 0 Å². The summed E-state index contributed by atoms with van der Waals surface area (Å²) in [7, 11) is 0. The molecule has 0 aliphatic carbocycles. The number of halogens is 4. The first kappa shape index (κ1) is 30.8. The second-order valence-corrected chi connectivity index (χ2v) is 8.46. The molecular formula is C26H32F4N2O6. The van der Waals surface area contributed by atoms with Gasteiger partial charge in [-0.05, 0) is 43.7 Å². The lowest BCUT2D eigenvalue weighted by atomic mass is 10.1. The third-order valence-corrected chi connectivity index (χ3v) is 5.27. The minimum atomic E-state index is -2.87. The Hall–Kier alpha value is -3.38. The Balaban J connectivity index is 1.94. The van der Waals surface area contributed by atoms with E-state index in [9.17, 15) is 32.3 Å². The smallest absolute Gasteiger partial charge is 0.333 e. The predicted molar refractivity (Wildman–Crippen MR) is 132 cm³/mol. The fraction of sp³-hybridized carbons (Fsp3) is 0.462. The molecule has 0 aliphatic heterocycles. The molecule has 0 saturated heterocycles. The zero-order chi connectivity index (χ0) is 28.1. The number of amides is 2. The van der Waals surface area contributed by atoms with Gasteiger partial charge in [0.25, 0.3) is 0 Å². The molecule has 2 rings (SSSR count). The molecule has 0 aromatic heterocycles. The number of ether oxygens (including phenoxy) is 3. The molecular weight excluding hydrogens is 512 g/mol. The van der Waals surface area contributed by atoms with Crippen LogP contribution in [0.5, 0.6) is 5.75 Å². The Morgan fingerprint density at radius 1 is 1.03 bits per heavy atom. The van der Waals surface area contributed by atoms with E-state index in [-0.39, 0.29) is 51.6 Å². The van der Waals surface area contributed by atoms with Crippen LogP contribution in [0.15, 0.2) is 42.5 Å². The Bertz CT molecular complexity index is 1030. The number of carboxylic acids is 1. The number of rotatable bonds is 16. The van der Waals surface area contributed by atoms with Crippen LogP contribution in [-0.2, 0) is 20.7 Å². The van der Waals surface area contributed by atoms with Gasteiger partial charge in [0.1, 0.15) is 12.4 Å². The van der Waals surface area contributed by atoms with E-state index in [0.717, 1.165) is 24.6 Å². The number of benzene rings is 2. The number of alkyl halides is 2. The molecule has 0 heterocycles. The summed E-state index contributed by atoms with van der Waals surface area (Å²) in [4.78, 5) is 25.3. The lowest BCUT2D eigenvalue weighted by Crippen LogP contribution is -2.40. The summed E-state index contributed by atoms with van der Waals surface area (Å²) >= 11 is 0. The fourth-order valence-electron chi connectivity index (χ4n) is 3.25. The first-order valence-electron chi connectivity index (χ1n) is 12.0. The van der Waals surface area contributed by atoms with Crippen LogP contribution in [0, 0.1) is 11.6 Å². The summed E-state index contributed by atoms with van der Waals surface area (Å²) in [5, 5.41) is 11.7. The average Bonchev–Trinajstić information content (AvgIpc) is 2.85. The number of urea groups is 1. The second kappa shape index (κ2) is 15.1. The van der Waals surface area contributed by atoms with E-state index in [4.69, 9.17) is 14.2 Å². The Kier molecular flexibility index (Phi) is 12.3. The molecule has 1 atom stereocenters. The predicted octanol–water partition coefficient (Wildman–Crippen LogP) is 4.97. The van der Waals surface area contributed by atoms with Gasteiger partial charge in [0.05, 0.1) is 19.8 Å². The molecule has 1 unspecified atom stereocenters. The van der Waals surface area contributed by atoms with Gasteiger partial charge in [-0.15, -0.1) is 0 Å². The van der Waals surface area contributed by atoms with Gasteiger partial charge in [-0.2, -0.15) is 0 Å². The fourth-order valence-corrected chi connectivity index (χ4v) is 3.25. The highest BCUT2D eigenvalue weighted by Gasteiger charge is 2.21. The Morgan fingerprint density at radius 3 is 2.32 bits per heavy atom. The minimum absolute atomic E-state index is 0.0272. The summed E-state index contributed by atoms with van der Waals surface area (Å²) < 4.78 is 68.7. The maximum absolute atomic E-state index is 13.5. The van der Waals surface area contributed by atoms with Crippen molar-refractivity contribution in [2.45, 2.75) is 38.7 Å². The van der Waals surface area contributed by atoms with Gasteiger partial charge in [-0.1, -0.05) is 12.1 Å². The maximum Gasteiger partial charge on any atom is 0.333 e. The highest BCUT2D eigenvalue weighted by Crippen LogP contribution is 2.17. The van der Waals surface area contributed by atoms with E-state index < -0.39 is 42.1 Å². The van der Waals surface area contributed by atoms with Gasteiger partial charge in [0.15, 0.2) is 17.7 Å². The maximum atomic E-state index is 13.5. The number of anilines is 1. The van der Waals surface area contributed by atoms with E-state index in [0.29, 0.717) is 5.75 Å². The molecule has 38 heavy (non-hydrogen) atoms. The molecule has 2 aromatic rings. The monoisotopic (exact) mass is 544 g/mol. The summed E-state index contributed by atoms with van der Waals surface area (Å²) in [5.41, 5.74) is 0.772. The average molecular weight is 545 g/mol.